The van der Waals surface area contributed by atoms with Crippen molar-refractivity contribution in [1.29, 1.82) is 0 Å². The van der Waals surface area contributed by atoms with Gasteiger partial charge >= 0.3 is 12.1 Å². The second-order valence-electron chi connectivity index (χ2n) is 2.87. The van der Waals surface area contributed by atoms with Crippen LogP contribution in [0.25, 0.3) is 0 Å². The molecule has 1 heterocycles. The molecule has 0 unspecified atom stereocenters. The van der Waals surface area contributed by atoms with Crippen molar-refractivity contribution in [2.75, 3.05) is 6.54 Å². The Balaban J connectivity index is 2.52. The van der Waals surface area contributed by atoms with Crippen LogP contribution in [0.5, 0.6) is 0 Å². The minimum atomic E-state index is -1.02. The number of hydrogen-bond acceptors (Lipinski definition) is 2. The minimum Gasteiger partial charge on any atom is -0.481 e. The SMILES string of the molecule is O=C(O)C[C@H]1CCCN1C(=O)O. The number of likely N-dealkylation sites (tertiary alicyclic amines) is 1. The Labute approximate surface area is 69.6 Å². The molecule has 12 heavy (non-hydrogen) atoms. The number of aliphatic carboxylic acids is 1. The van der Waals surface area contributed by atoms with Gasteiger partial charge in [-0.05, 0) is 12.8 Å². The average Bonchev–Trinajstić information content (AvgIpc) is 2.33. The van der Waals surface area contributed by atoms with E-state index < -0.39 is 12.1 Å². The van der Waals surface area contributed by atoms with Gasteiger partial charge in [-0.1, -0.05) is 0 Å². The molecule has 5 heteroatoms. The second kappa shape index (κ2) is 3.42. The van der Waals surface area contributed by atoms with Crippen LogP contribution in [0.2, 0.25) is 0 Å². The normalized spacial score (nSPS) is 22.7. The molecule has 0 aromatic rings. The summed E-state index contributed by atoms with van der Waals surface area (Å²) in [5, 5.41) is 17.1. The van der Waals surface area contributed by atoms with Gasteiger partial charge < -0.3 is 15.1 Å². The van der Waals surface area contributed by atoms with Gasteiger partial charge in [-0.15, -0.1) is 0 Å². The smallest absolute Gasteiger partial charge is 0.407 e. The number of carboxylic acids is 1. The monoisotopic (exact) mass is 173 g/mol. The van der Waals surface area contributed by atoms with E-state index in [2.05, 4.69) is 0 Å². The van der Waals surface area contributed by atoms with Gasteiger partial charge in [0.05, 0.1) is 6.42 Å². The lowest BCUT2D eigenvalue weighted by atomic mass is 10.1. The lowest BCUT2D eigenvalue weighted by molar-refractivity contribution is -0.138. The van der Waals surface area contributed by atoms with Gasteiger partial charge in [-0.3, -0.25) is 4.79 Å². The van der Waals surface area contributed by atoms with Crippen molar-refractivity contribution in [1.82, 2.24) is 4.90 Å². The Kier molecular flexibility index (Phi) is 2.52. The molecule has 0 aromatic heterocycles. The Morgan fingerprint density at radius 1 is 1.42 bits per heavy atom. The van der Waals surface area contributed by atoms with E-state index in [1.807, 2.05) is 0 Å². The second-order valence-corrected chi connectivity index (χ2v) is 2.87. The van der Waals surface area contributed by atoms with Gasteiger partial charge in [0, 0.05) is 12.6 Å². The first-order valence-electron chi connectivity index (χ1n) is 3.82. The van der Waals surface area contributed by atoms with E-state index in [0.29, 0.717) is 13.0 Å². The van der Waals surface area contributed by atoms with Crippen LogP contribution >= 0.6 is 0 Å². The first kappa shape index (κ1) is 8.83. The summed E-state index contributed by atoms with van der Waals surface area (Å²) in [4.78, 5) is 22.0. The standard InChI is InChI=1S/C7H11NO4/c9-6(10)4-5-2-1-3-8(5)7(11)12/h5H,1-4H2,(H,9,10)(H,11,12)/t5-/m1/s1. The van der Waals surface area contributed by atoms with E-state index >= 15 is 0 Å². The maximum absolute atomic E-state index is 10.5. The minimum absolute atomic E-state index is 0.0771. The Hall–Kier alpha value is -1.26. The Morgan fingerprint density at radius 2 is 2.08 bits per heavy atom. The van der Waals surface area contributed by atoms with Crippen molar-refractivity contribution < 1.29 is 19.8 Å². The fraction of sp³-hybridized carbons (Fsp3) is 0.714. The zero-order valence-electron chi connectivity index (χ0n) is 6.56. The van der Waals surface area contributed by atoms with E-state index in [0.717, 1.165) is 6.42 Å². The lowest BCUT2D eigenvalue weighted by Crippen LogP contribution is -2.35. The molecule has 0 aliphatic carbocycles. The van der Waals surface area contributed by atoms with Crippen LogP contribution < -0.4 is 0 Å². The number of nitrogens with zero attached hydrogens (tertiary/aromatic N) is 1. The van der Waals surface area contributed by atoms with Gasteiger partial charge in [0.15, 0.2) is 0 Å². The highest BCUT2D eigenvalue weighted by atomic mass is 16.4. The Morgan fingerprint density at radius 3 is 2.58 bits per heavy atom. The molecule has 1 fully saturated rings. The van der Waals surface area contributed by atoms with Gasteiger partial charge in [0.2, 0.25) is 0 Å². The molecule has 68 valence electrons. The largest absolute Gasteiger partial charge is 0.481 e. The van der Waals surface area contributed by atoms with E-state index in [9.17, 15) is 9.59 Å². The highest BCUT2D eigenvalue weighted by molar-refractivity contribution is 5.70. The molecule has 1 aliphatic rings. The molecule has 0 radical (unpaired) electrons. The zero-order valence-corrected chi connectivity index (χ0v) is 6.56. The molecule has 1 saturated heterocycles. The van der Waals surface area contributed by atoms with E-state index in [1.54, 1.807) is 0 Å². The number of carboxylic acid groups (broad SMARTS) is 2. The van der Waals surface area contributed by atoms with Crippen molar-refractivity contribution in [3.05, 3.63) is 0 Å². The average molecular weight is 173 g/mol. The third-order valence-electron chi connectivity index (χ3n) is 2.03. The summed E-state index contributed by atoms with van der Waals surface area (Å²) in [6.45, 7) is 0.466. The van der Waals surface area contributed by atoms with Gasteiger partial charge in [0.25, 0.3) is 0 Å². The summed E-state index contributed by atoms with van der Waals surface area (Å²) in [6, 6.07) is -0.319. The van der Waals surface area contributed by atoms with Crippen LogP contribution in [-0.2, 0) is 4.79 Å². The van der Waals surface area contributed by atoms with Crippen LogP contribution in [0.4, 0.5) is 4.79 Å². The first-order valence-corrected chi connectivity index (χ1v) is 3.82. The summed E-state index contributed by atoms with van der Waals surface area (Å²) < 4.78 is 0. The molecule has 0 aromatic carbocycles. The molecular weight excluding hydrogens is 162 g/mol. The van der Waals surface area contributed by atoms with Gasteiger partial charge in [-0.2, -0.15) is 0 Å². The molecule has 1 rings (SSSR count). The fourth-order valence-corrected chi connectivity index (χ4v) is 1.50. The predicted octanol–water partition coefficient (Wildman–Crippen LogP) is 0.604. The van der Waals surface area contributed by atoms with Gasteiger partial charge in [0.1, 0.15) is 0 Å². The molecular formula is C7H11NO4. The maximum atomic E-state index is 10.5. The maximum Gasteiger partial charge on any atom is 0.407 e. The molecule has 0 bridgehead atoms. The lowest BCUT2D eigenvalue weighted by Gasteiger charge is -2.19. The first-order chi connectivity index (χ1) is 5.61. The van der Waals surface area contributed by atoms with Crippen molar-refractivity contribution in [3.63, 3.8) is 0 Å². The van der Waals surface area contributed by atoms with Crippen molar-refractivity contribution in [3.8, 4) is 0 Å². The highest BCUT2D eigenvalue weighted by Gasteiger charge is 2.29. The number of rotatable bonds is 2. The predicted molar refractivity (Wildman–Crippen MR) is 40.0 cm³/mol. The highest BCUT2D eigenvalue weighted by Crippen LogP contribution is 2.19. The van der Waals surface area contributed by atoms with Crippen LogP contribution in [0.15, 0.2) is 0 Å². The van der Waals surface area contributed by atoms with Crippen LogP contribution in [0, 0.1) is 0 Å². The fourth-order valence-electron chi connectivity index (χ4n) is 1.50. The summed E-state index contributed by atoms with van der Waals surface area (Å²) in [5.41, 5.74) is 0. The van der Waals surface area contributed by atoms with Crippen LogP contribution in [0.1, 0.15) is 19.3 Å². The molecule has 1 amide bonds. The quantitative estimate of drug-likeness (QED) is 0.641. The Bertz CT molecular complexity index is 204. The number of carbonyl (C=O) groups is 2. The third kappa shape index (κ3) is 1.87. The molecule has 2 N–H and O–H groups in total. The topological polar surface area (TPSA) is 77.8 Å². The van der Waals surface area contributed by atoms with Crippen molar-refractivity contribution in [2.24, 2.45) is 0 Å². The zero-order chi connectivity index (χ0) is 9.14. The molecule has 1 aliphatic heterocycles. The van der Waals surface area contributed by atoms with E-state index in [-0.39, 0.29) is 12.5 Å². The van der Waals surface area contributed by atoms with Crippen molar-refractivity contribution in [2.45, 2.75) is 25.3 Å². The summed E-state index contributed by atoms with van der Waals surface area (Å²) in [7, 11) is 0. The summed E-state index contributed by atoms with van der Waals surface area (Å²) in [5.74, 6) is -0.937. The van der Waals surface area contributed by atoms with Crippen LogP contribution in [0.3, 0.4) is 0 Å². The van der Waals surface area contributed by atoms with Crippen molar-refractivity contribution >= 4 is 12.1 Å². The number of amides is 1. The third-order valence-corrected chi connectivity index (χ3v) is 2.03. The molecule has 5 nitrogen and oxygen atoms in total. The summed E-state index contributed by atoms with van der Waals surface area (Å²) >= 11 is 0. The van der Waals surface area contributed by atoms with E-state index in [4.69, 9.17) is 10.2 Å². The molecule has 0 saturated carbocycles. The van der Waals surface area contributed by atoms with Gasteiger partial charge in [-0.25, -0.2) is 4.79 Å². The van der Waals surface area contributed by atoms with Crippen LogP contribution in [-0.4, -0.2) is 39.8 Å². The molecule has 1 atom stereocenters. The van der Waals surface area contributed by atoms with E-state index in [1.165, 1.54) is 4.90 Å². The number of hydrogen-bond donors (Lipinski definition) is 2. The molecule has 0 spiro atoms. The summed E-state index contributed by atoms with van der Waals surface area (Å²) in [6.07, 6.45) is 0.341.